The lowest BCUT2D eigenvalue weighted by atomic mass is 10.2. The summed E-state index contributed by atoms with van der Waals surface area (Å²) in [7, 11) is 1.87. The fraction of sp³-hybridized carbons (Fsp3) is 0.267. The smallest absolute Gasteiger partial charge is 0.340 e. The molecule has 0 aliphatic heterocycles. The lowest BCUT2D eigenvalue weighted by Gasteiger charge is -2.20. The molecule has 2 rings (SSSR count). The molecule has 0 spiro atoms. The Morgan fingerprint density at radius 1 is 1.29 bits per heavy atom. The maximum atomic E-state index is 11.8. The van der Waals surface area contributed by atoms with Gasteiger partial charge in [0.25, 0.3) is 0 Å². The number of esters is 1. The Morgan fingerprint density at radius 2 is 2.00 bits per heavy atom. The molecular formula is C15H18N4O2. The molecule has 0 fully saturated rings. The molecule has 0 unspecified atom stereocenters. The molecule has 0 aromatic carbocycles. The van der Waals surface area contributed by atoms with Crippen LogP contribution in [0.2, 0.25) is 0 Å². The van der Waals surface area contributed by atoms with Gasteiger partial charge in [-0.2, -0.15) is 0 Å². The molecule has 0 aliphatic rings. The van der Waals surface area contributed by atoms with Crippen LogP contribution in [0.1, 0.15) is 22.8 Å². The van der Waals surface area contributed by atoms with E-state index in [4.69, 9.17) is 10.5 Å². The van der Waals surface area contributed by atoms with Gasteiger partial charge < -0.3 is 15.4 Å². The minimum absolute atomic E-state index is 0.308. The maximum absolute atomic E-state index is 11.8. The zero-order valence-corrected chi connectivity index (χ0v) is 12.1. The number of anilines is 2. The van der Waals surface area contributed by atoms with Gasteiger partial charge in [0.1, 0.15) is 0 Å². The van der Waals surface area contributed by atoms with Gasteiger partial charge in [-0.3, -0.25) is 4.98 Å². The topological polar surface area (TPSA) is 81.3 Å². The van der Waals surface area contributed by atoms with E-state index in [9.17, 15) is 4.79 Å². The first-order chi connectivity index (χ1) is 10.1. The number of hydrogen-bond donors (Lipinski definition) is 1. The number of carbonyl (C=O) groups is 1. The number of nitrogen functional groups attached to an aromatic ring is 1. The predicted octanol–water partition coefficient (Wildman–Crippen LogP) is 1.87. The van der Waals surface area contributed by atoms with E-state index in [1.54, 1.807) is 31.6 Å². The lowest BCUT2D eigenvalue weighted by Crippen LogP contribution is -2.21. The van der Waals surface area contributed by atoms with Crippen LogP contribution in [-0.2, 0) is 11.3 Å². The van der Waals surface area contributed by atoms with Crippen LogP contribution in [0, 0.1) is 0 Å². The second-order valence-electron chi connectivity index (χ2n) is 4.53. The summed E-state index contributed by atoms with van der Waals surface area (Å²) in [5, 5.41) is 0. The average Bonchev–Trinajstić information content (AvgIpc) is 2.48. The van der Waals surface area contributed by atoms with E-state index in [0.717, 1.165) is 5.56 Å². The van der Waals surface area contributed by atoms with Crippen molar-refractivity contribution in [3.63, 3.8) is 0 Å². The van der Waals surface area contributed by atoms with E-state index in [1.165, 1.54) is 0 Å². The third kappa shape index (κ3) is 3.47. The summed E-state index contributed by atoms with van der Waals surface area (Å²) in [6.07, 6.45) is 5.02. The van der Waals surface area contributed by atoms with Crippen LogP contribution in [0.15, 0.2) is 36.8 Å². The standard InChI is InChI=1S/C15H18N4O2/c1-3-21-15(20)12-6-9-18-14(13(12)16)19(2)10-11-4-7-17-8-5-11/h4-9H,3,10,16H2,1-2H3. The Hall–Kier alpha value is -2.63. The summed E-state index contributed by atoms with van der Waals surface area (Å²) >= 11 is 0. The Balaban J connectivity index is 2.23. The summed E-state index contributed by atoms with van der Waals surface area (Å²) in [4.78, 5) is 22.0. The van der Waals surface area contributed by atoms with Crippen molar-refractivity contribution in [3.8, 4) is 0 Å². The zero-order chi connectivity index (χ0) is 15.2. The molecule has 2 aromatic heterocycles. The van der Waals surface area contributed by atoms with Crippen LogP contribution < -0.4 is 10.6 Å². The van der Waals surface area contributed by atoms with E-state index in [-0.39, 0.29) is 0 Å². The minimum Gasteiger partial charge on any atom is -0.462 e. The van der Waals surface area contributed by atoms with Crippen LogP contribution in [-0.4, -0.2) is 29.6 Å². The van der Waals surface area contributed by atoms with Gasteiger partial charge in [-0.25, -0.2) is 9.78 Å². The molecule has 0 radical (unpaired) electrons. The Morgan fingerprint density at radius 3 is 2.67 bits per heavy atom. The van der Waals surface area contributed by atoms with E-state index in [0.29, 0.717) is 30.2 Å². The van der Waals surface area contributed by atoms with Gasteiger partial charge in [-0.05, 0) is 30.7 Å². The van der Waals surface area contributed by atoms with Crippen LogP contribution >= 0.6 is 0 Å². The molecule has 0 amide bonds. The van der Waals surface area contributed by atoms with Crippen LogP contribution in [0.4, 0.5) is 11.5 Å². The highest BCUT2D eigenvalue weighted by Gasteiger charge is 2.16. The highest BCUT2D eigenvalue weighted by atomic mass is 16.5. The molecule has 0 saturated heterocycles. The van der Waals surface area contributed by atoms with Crippen molar-refractivity contribution in [2.75, 3.05) is 24.3 Å². The number of nitrogens with zero attached hydrogens (tertiary/aromatic N) is 3. The molecule has 6 nitrogen and oxygen atoms in total. The maximum Gasteiger partial charge on any atom is 0.340 e. The quantitative estimate of drug-likeness (QED) is 0.845. The average molecular weight is 286 g/mol. The van der Waals surface area contributed by atoms with Crippen molar-refractivity contribution in [3.05, 3.63) is 47.9 Å². The van der Waals surface area contributed by atoms with Gasteiger partial charge in [-0.15, -0.1) is 0 Å². The monoisotopic (exact) mass is 286 g/mol. The van der Waals surface area contributed by atoms with E-state index < -0.39 is 5.97 Å². The molecule has 0 aliphatic carbocycles. The predicted molar refractivity (Wildman–Crippen MR) is 80.9 cm³/mol. The summed E-state index contributed by atoms with van der Waals surface area (Å²) in [5.41, 5.74) is 7.79. The van der Waals surface area contributed by atoms with Gasteiger partial charge >= 0.3 is 5.97 Å². The van der Waals surface area contributed by atoms with Gasteiger partial charge in [0.2, 0.25) is 0 Å². The molecule has 6 heteroatoms. The summed E-state index contributed by atoms with van der Waals surface area (Å²) in [6.45, 7) is 2.68. The molecule has 0 atom stereocenters. The summed E-state index contributed by atoms with van der Waals surface area (Å²) < 4.78 is 4.99. The molecule has 21 heavy (non-hydrogen) atoms. The summed E-state index contributed by atoms with van der Waals surface area (Å²) in [5.74, 6) is 0.119. The minimum atomic E-state index is -0.434. The lowest BCUT2D eigenvalue weighted by molar-refractivity contribution is 0.0527. The van der Waals surface area contributed by atoms with Crippen molar-refractivity contribution in [1.29, 1.82) is 0 Å². The van der Waals surface area contributed by atoms with Gasteiger partial charge in [-0.1, -0.05) is 0 Å². The van der Waals surface area contributed by atoms with Crippen molar-refractivity contribution in [1.82, 2.24) is 9.97 Å². The third-order valence-electron chi connectivity index (χ3n) is 3.00. The normalized spacial score (nSPS) is 10.2. The largest absolute Gasteiger partial charge is 0.462 e. The number of aromatic nitrogens is 2. The molecule has 110 valence electrons. The van der Waals surface area contributed by atoms with Crippen molar-refractivity contribution >= 4 is 17.5 Å². The first-order valence-corrected chi connectivity index (χ1v) is 6.65. The van der Waals surface area contributed by atoms with E-state index in [2.05, 4.69) is 9.97 Å². The molecule has 2 aromatic rings. The van der Waals surface area contributed by atoms with Gasteiger partial charge in [0.15, 0.2) is 5.82 Å². The molecule has 2 heterocycles. The second kappa shape index (κ2) is 6.69. The second-order valence-corrected chi connectivity index (χ2v) is 4.53. The first-order valence-electron chi connectivity index (χ1n) is 6.65. The van der Waals surface area contributed by atoms with E-state index in [1.807, 2.05) is 24.1 Å². The number of ether oxygens (including phenoxy) is 1. The molecular weight excluding hydrogens is 268 g/mol. The number of rotatable bonds is 5. The highest BCUT2D eigenvalue weighted by Crippen LogP contribution is 2.24. The Bertz CT molecular complexity index is 616. The third-order valence-corrected chi connectivity index (χ3v) is 3.00. The van der Waals surface area contributed by atoms with E-state index >= 15 is 0 Å². The van der Waals surface area contributed by atoms with Crippen molar-refractivity contribution in [2.24, 2.45) is 0 Å². The van der Waals surface area contributed by atoms with Crippen LogP contribution in [0.3, 0.4) is 0 Å². The molecule has 2 N–H and O–H groups in total. The van der Waals surface area contributed by atoms with Crippen molar-refractivity contribution in [2.45, 2.75) is 13.5 Å². The number of hydrogen-bond acceptors (Lipinski definition) is 6. The number of pyridine rings is 2. The summed E-state index contributed by atoms with van der Waals surface area (Å²) in [6, 6.07) is 5.40. The van der Waals surface area contributed by atoms with Crippen LogP contribution in [0.5, 0.6) is 0 Å². The number of nitrogens with two attached hydrogens (primary N) is 1. The fourth-order valence-corrected chi connectivity index (χ4v) is 1.99. The Kier molecular flexibility index (Phi) is 4.71. The van der Waals surface area contributed by atoms with Gasteiger partial charge in [0, 0.05) is 32.2 Å². The first kappa shape index (κ1) is 14.8. The number of carbonyl (C=O) groups excluding carboxylic acids is 1. The molecule has 0 saturated carbocycles. The van der Waals surface area contributed by atoms with Gasteiger partial charge in [0.05, 0.1) is 17.9 Å². The SMILES string of the molecule is CCOC(=O)c1ccnc(N(C)Cc2ccncc2)c1N. The molecule has 0 bridgehead atoms. The van der Waals surface area contributed by atoms with Crippen LogP contribution in [0.25, 0.3) is 0 Å². The zero-order valence-electron chi connectivity index (χ0n) is 12.1. The van der Waals surface area contributed by atoms with Crippen molar-refractivity contribution < 1.29 is 9.53 Å². The highest BCUT2D eigenvalue weighted by molar-refractivity contribution is 5.97. The fourth-order valence-electron chi connectivity index (χ4n) is 1.99. The Labute approximate surface area is 123 Å².